The summed E-state index contributed by atoms with van der Waals surface area (Å²) in [5, 5.41) is 17.0. The number of aliphatic carboxylic acids is 1. The zero-order valence-electron chi connectivity index (χ0n) is 7.07. The van der Waals surface area contributed by atoms with Crippen LogP contribution in [0.5, 0.6) is 0 Å². The minimum atomic E-state index is -0.824. The van der Waals surface area contributed by atoms with Gasteiger partial charge in [0.1, 0.15) is 0 Å². The molecule has 0 spiro atoms. The van der Waals surface area contributed by atoms with E-state index in [2.05, 4.69) is 0 Å². The lowest BCUT2D eigenvalue weighted by Crippen LogP contribution is -2.33. The summed E-state index contributed by atoms with van der Waals surface area (Å²) in [5.41, 5.74) is 5.30. The lowest BCUT2D eigenvalue weighted by molar-refractivity contribution is -0.137. The average Bonchev–Trinajstić information content (AvgIpc) is 2.01. The molecule has 0 saturated heterocycles. The molecule has 72 valence electrons. The minimum absolute atomic E-state index is 0.0413. The van der Waals surface area contributed by atoms with Gasteiger partial charge in [-0.25, -0.2) is 0 Å². The fourth-order valence-electron chi connectivity index (χ4n) is 0.913. The molecule has 5 nitrogen and oxygen atoms in total. The van der Waals surface area contributed by atoms with Crippen LogP contribution >= 0.6 is 0 Å². The summed E-state index contributed by atoms with van der Waals surface area (Å²) in [7, 11) is 0. The maximum absolute atomic E-state index is 10.2. The molecule has 0 unspecified atom stereocenters. The molecule has 12 heavy (non-hydrogen) atoms. The van der Waals surface area contributed by atoms with E-state index in [4.69, 9.17) is 15.9 Å². The van der Waals surface area contributed by atoms with Gasteiger partial charge in [-0.1, -0.05) is 0 Å². The Morgan fingerprint density at radius 3 is 2.42 bits per heavy atom. The zero-order valence-corrected chi connectivity index (χ0v) is 7.07. The lowest BCUT2D eigenvalue weighted by atomic mass is 10.3. The highest BCUT2D eigenvalue weighted by Gasteiger charge is 2.04. The molecule has 0 aromatic rings. The highest BCUT2D eigenvalue weighted by molar-refractivity contribution is 5.66. The number of aliphatic hydroxyl groups is 1. The first-order valence-corrected chi connectivity index (χ1v) is 3.95. The summed E-state index contributed by atoms with van der Waals surface area (Å²) in [6.07, 6.45) is 0.0972. The van der Waals surface area contributed by atoms with Gasteiger partial charge < -0.3 is 15.9 Å². The van der Waals surface area contributed by atoms with Crippen molar-refractivity contribution < 1.29 is 15.0 Å². The zero-order chi connectivity index (χ0) is 9.40. The van der Waals surface area contributed by atoms with Gasteiger partial charge in [-0.15, -0.1) is 0 Å². The molecule has 5 heteroatoms. The van der Waals surface area contributed by atoms with Crippen molar-refractivity contribution in [1.82, 2.24) is 4.90 Å². The molecule has 0 aromatic carbocycles. The van der Waals surface area contributed by atoms with Crippen LogP contribution in [0.4, 0.5) is 0 Å². The van der Waals surface area contributed by atoms with Crippen molar-refractivity contribution in [3.63, 3.8) is 0 Å². The van der Waals surface area contributed by atoms with Crippen molar-refractivity contribution in [2.24, 2.45) is 5.73 Å². The second-order valence-corrected chi connectivity index (χ2v) is 2.50. The topological polar surface area (TPSA) is 86.8 Å². The third-order valence-corrected chi connectivity index (χ3v) is 1.50. The lowest BCUT2D eigenvalue weighted by Gasteiger charge is -2.18. The number of carboxylic acid groups (broad SMARTS) is 1. The summed E-state index contributed by atoms with van der Waals surface area (Å²) in [6, 6.07) is 0. The summed E-state index contributed by atoms with van der Waals surface area (Å²) in [6.45, 7) is 2.10. The van der Waals surface area contributed by atoms with E-state index in [0.29, 0.717) is 26.2 Å². The molecule has 0 saturated carbocycles. The van der Waals surface area contributed by atoms with Gasteiger partial charge in [0, 0.05) is 26.2 Å². The van der Waals surface area contributed by atoms with E-state index >= 15 is 0 Å². The normalized spacial score (nSPS) is 10.6. The molecular weight excluding hydrogens is 160 g/mol. The van der Waals surface area contributed by atoms with Crippen molar-refractivity contribution in [3.8, 4) is 0 Å². The molecule has 0 bridgehead atoms. The monoisotopic (exact) mass is 176 g/mol. The second kappa shape index (κ2) is 7.02. The number of rotatable bonds is 7. The first-order valence-electron chi connectivity index (χ1n) is 3.95. The Bertz CT molecular complexity index is 124. The van der Waals surface area contributed by atoms with Gasteiger partial charge in [0.25, 0.3) is 0 Å². The van der Waals surface area contributed by atoms with E-state index in [1.165, 1.54) is 0 Å². The van der Waals surface area contributed by atoms with Crippen molar-refractivity contribution in [1.29, 1.82) is 0 Å². The number of hydrogen-bond donors (Lipinski definition) is 3. The van der Waals surface area contributed by atoms with Gasteiger partial charge in [-0.3, -0.25) is 9.69 Å². The number of aliphatic hydroxyl groups excluding tert-OH is 1. The third kappa shape index (κ3) is 6.09. The second-order valence-electron chi connectivity index (χ2n) is 2.50. The Labute approximate surface area is 71.8 Å². The molecule has 0 fully saturated rings. The van der Waals surface area contributed by atoms with E-state index in [1.54, 1.807) is 0 Å². The first-order chi connectivity index (χ1) is 5.70. The Morgan fingerprint density at radius 1 is 1.33 bits per heavy atom. The molecule has 0 amide bonds. The van der Waals surface area contributed by atoms with Crippen LogP contribution in [0, 0.1) is 0 Å². The molecular formula is C7H16N2O3. The molecule has 0 heterocycles. The van der Waals surface area contributed by atoms with Gasteiger partial charge >= 0.3 is 5.97 Å². The molecule has 0 atom stereocenters. The Kier molecular flexibility index (Phi) is 6.64. The highest BCUT2D eigenvalue weighted by atomic mass is 16.4. The molecule has 0 aliphatic heterocycles. The van der Waals surface area contributed by atoms with Gasteiger partial charge in [0.2, 0.25) is 0 Å². The van der Waals surface area contributed by atoms with Crippen LogP contribution in [0.1, 0.15) is 6.42 Å². The predicted molar refractivity (Wildman–Crippen MR) is 44.8 cm³/mol. The largest absolute Gasteiger partial charge is 0.481 e. The van der Waals surface area contributed by atoms with Gasteiger partial charge in [-0.2, -0.15) is 0 Å². The molecule has 4 N–H and O–H groups in total. The summed E-state index contributed by atoms with van der Waals surface area (Å²) in [5.74, 6) is -0.824. The number of hydrogen-bond acceptors (Lipinski definition) is 4. The quantitative estimate of drug-likeness (QED) is 0.449. The van der Waals surface area contributed by atoms with E-state index in [9.17, 15) is 4.79 Å². The molecule has 0 aromatic heterocycles. The number of carboxylic acids is 1. The maximum atomic E-state index is 10.2. The van der Waals surface area contributed by atoms with Gasteiger partial charge in [0.05, 0.1) is 13.0 Å². The van der Waals surface area contributed by atoms with Crippen molar-refractivity contribution in [2.75, 3.05) is 32.8 Å². The Hall–Kier alpha value is -0.650. The van der Waals surface area contributed by atoms with Crippen LogP contribution in [0.3, 0.4) is 0 Å². The summed E-state index contributed by atoms with van der Waals surface area (Å²) in [4.78, 5) is 12.0. The van der Waals surface area contributed by atoms with E-state index in [0.717, 1.165) is 0 Å². The standard InChI is InChI=1S/C7H16N2O3/c8-2-4-9(5-6-10)3-1-7(11)12/h10H,1-6,8H2,(H,11,12). The molecule has 0 aliphatic carbocycles. The van der Waals surface area contributed by atoms with Gasteiger partial charge in [-0.05, 0) is 0 Å². The predicted octanol–water partition coefficient (Wildman–Crippen LogP) is -1.29. The van der Waals surface area contributed by atoms with Crippen LogP contribution in [0.15, 0.2) is 0 Å². The number of nitrogens with two attached hydrogens (primary N) is 1. The summed E-state index contributed by atoms with van der Waals surface area (Å²) < 4.78 is 0. The third-order valence-electron chi connectivity index (χ3n) is 1.50. The average molecular weight is 176 g/mol. The Balaban J connectivity index is 3.54. The van der Waals surface area contributed by atoms with Crippen LogP contribution in [-0.4, -0.2) is 53.9 Å². The van der Waals surface area contributed by atoms with Gasteiger partial charge in [0.15, 0.2) is 0 Å². The number of carbonyl (C=O) groups is 1. The van der Waals surface area contributed by atoms with Crippen molar-refractivity contribution >= 4 is 5.97 Å². The highest BCUT2D eigenvalue weighted by Crippen LogP contribution is 1.89. The molecule has 0 radical (unpaired) electrons. The first kappa shape index (κ1) is 11.4. The van der Waals surface area contributed by atoms with Crippen LogP contribution in [-0.2, 0) is 4.79 Å². The maximum Gasteiger partial charge on any atom is 0.304 e. The van der Waals surface area contributed by atoms with E-state index in [-0.39, 0.29) is 13.0 Å². The summed E-state index contributed by atoms with van der Waals surface area (Å²) >= 11 is 0. The van der Waals surface area contributed by atoms with Crippen LogP contribution in [0.2, 0.25) is 0 Å². The minimum Gasteiger partial charge on any atom is -0.481 e. The van der Waals surface area contributed by atoms with Crippen molar-refractivity contribution in [2.45, 2.75) is 6.42 Å². The van der Waals surface area contributed by atoms with Crippen molar-refractivity contribution in [3.05, 3.63) is 0 Å². The fraction of sp³-hybridized carbons (Fsp3) is 0.857. The SMILES string of the molecule is NCCN(CCO)CCC(=O)O. The van der Waals surface area contributed by atoms with Crippen LogP contribution in [0.25, 0.3) is 0 Å². The Morgan fingerprint density at radius 2 is 2.00 bits per heavy atom. The van der Waals surface area contributed by atoms with E-state index in [1.807, 2.05) is 4.90 Å². The smallest absolute Gasteiger partial charge is 0.304 e. The molecule has 0 aliphatic rings. The fourth-order valence-corrected chi connectivity index (χ4v) is 0.913. The van der Waals surface area contributed by atoms with E-state index < -0.39 is 5.97 Å². The molecule has 0 rings (SSSR count). The number of nitrogens with zero attached hydrogens (tertiary/aromatic N) is 1. The van der Waals surface area contributed by atoms with Crippen LogP contribution < -0.4 is 5.73 Å².